The molecule has 0 bridgehead atoms. The van der Waals surface area contributed by atoms with Crippen molar-refractivity contribution < 1.29 is 49.1 Å². The number of alkyl halides is 6. The van der Waals surface area contributed by atoms with Gasteiger partial charge in [-0.15, -0.1) is 0 Å². The number of amides is 2. The van der Waals surface area contributed by atoms with Crippen molar-refractivity contribution in [2.24, 2.45) is 5.92 Å². The minimum absolute atomic E-state index is 0.195. The number of benzene rings is 1. The molecule has 0 unspecified atom stereocenters. The van der Waals surface area contributed by atoms with Crippen LogP contribution in [-0.4, -0.2) is 56.9 Å². The van der Waals surface area contributed by atoms with E-state index in [9.17, 15) is 44.3 Å². The van der Waals surface area contributed by atoms with Crippen LogP contribution in [0.15, 0.2) is 29.2 Å². The molecule has 1 aromatic rings. The third-order valence-electron chi connectivity index (χ3n) is 4.30. The Kier molecular flexibility index (Phi) is 7.35. The van der Waals surface area contributed by atoms with Crippen molar-refractivity contribution in [2.75, 3.05) is 13.1 Å². The van der Waals surface area contributed by atoms with Crippen molar-refractivity contribution >= 4 is 33.6 Å². The largest absolute Gasteiger partial charge is 0.434 e. The molecule has 0 saturated carbocycles. The third kappa shape index (κ3) is 6.63. The van der Waals surface area contributed by atoms with E-state index in [0.29, 0.717) is 4.90 Å². The van der Waals surface area contributed by atoms with Gasteiger partial charge in [0, 0.05) is 24.0 Å². The Labute approximate surface area is 177 Å². The van der Waals surface area contributed by atoms with Gasteiger partial charge in [-0.1, -0.05) is 11.6 Å². The highest BCUT2D eigenvalue weighted by atomic mass is 35.5. The molecule has 7 nitrogen and oxygen atoms in total. The molecule has 174 valence electrons. The van der Waals surface area contributed by atoms with Crippen molar-refractivity contribution in [3.05, 3.63) is 29.3 Å². The number of halogens is 7. The lowest BCUT2D eigenvalue weighted by Gasteiger charge is -2.32. The van der Waals surface area contributed by atoms with Crippen LogP contribution in [0.25, 0.3) is 0 Å². The summed E-state index contributed by atoms with van der Waals surface area (Å²) in [6, 6.07) is 4.91. The normalized spacial score (nSPS) is 16.3. The third-order valence-corrected chi connectivity index (χ3v) is 5.91. The average Bonchev–Trinajstić information content (AvgIpc) is 2.64. The standard InChI is InChI=1S/C16H15ClF6N2O5S/c17-10-1-3-11(4-2-10)31(28,29)24-12(26)9-5-7-25(8-6-9)14(27)30-13(15(18,19)20)16(21,22)23/h1-4,9,13H,5-8H2,(H,24,26). The summed E-state index contributed by atoms with van der Waals surface area (Å²) in [5, 5.41) is 0.266. The van der Waals surface area contributed by atoms with Gasteiger partial charge in [-0.3, -0.25) is 4.79 Å². The lowest BCUT2D eigenvalue weighted by atomic mass is 9.97. The highest BCUT2D eigenvalue weighted by molar-refractivity contribution is 7.90. The van der Waals surface area contributed by atoms with Crippen molar-refractivity contribution in [2.45, 2.75) is 36.2 Å². The zero-order valence-corrected chi connectivity index (χ0v) is 16.9. The smallest absolute Gasteiger partial charge is 0.426 e. The van der Waals surface area contributed by atoms with Gasteiger partial charge in [0.2, 0.25) is 5.91 Å². The lowest BCUT2D eigenvalue weighted by molar-refractivity contribution is -0.308. The molecule has 1 aliphatic rings. The Morgan fingerprint density at radius 2 is 1.52 bits per heavy atom. The second-order valence-corrected chi connectivity index (χ2v) is 8.65. The monoisotopic (exact) mass is 496 g/mol. The minimum atomic E-state index is -5.85. The Hall–Kier alpha value is -2.22. The van der Waals surface area contributed by atoms with Crippen LogP contribution in [0.1, 0.15) is 12.8 Å². The summed E-state index contributed by atoms with van der Waals surface area (Å²) in [5.41, 5.74) is 0. The van der Waals surface area contributed by atoms with E-state index in [-0.39, 0.29) is 22.8 Å². The Morgan fingerprint density at radius 1 is 1.03 bits per heavy atom. The zero-order valence-electron chi connectivity index (χ0n) is 15.3. The minimum Gasteiger partial charge on any atom is -0.426 e. The molecule has 2 amide bonds. The van der Waals surface area contributed by atoms with Gasteiger partial charge >= 0.3 is 18.4 Å². The summed E-state index contributed by atoms with van der Waals surface area (Å²) in [6.07, 6.45) is -18.2. The summed E-state index contributed by atoms with van der Waals surface area (Å²) in [6.45, 7) is -0.805. The summed E-state index contributed by atoms with van der Waals surface area (Å²) in [4.78, 5) is 24.3. The molecule has 1 saturated heterocycles. The molecule has 0 atom stereocenters. The predicted molar refractivity (Wildman–Crippen MR) is 93.5 cm³/mol. The molecule has 0 radical (unpaired) electrons. The number of nitrogens with zero attached hydrogens (tertiary/aromatic N) is 1. The number of likely N-dealkylation sites (tertiary alicyclic amines) is 1. The van der Waals surface area contributed by atoms with Crippen LogP contribution < -0.4 is 4.72 Å². The van der Waals surface area contributed by atoms with Crippen LogP contribution in [-0.2, 0) is 19.6 Å². The Balaban J connectivity index is 1.95. The number of hydrogen-bond acceptors (Lipinski definition) is 5. The van der Waals surface area contributed by atoms with Crippen LogP contribution in [0.4, 0.5) is 31.1 Å². The van der Waals surface area contributed by atoms with Crippen LogP contribution >= 0.6 is 11.6 Å². The molecule has 1 heterocycles. The van der Waals surface area contributed by atoms with Crippen LogP contribution in [0.3, 0.4) is 0 Å². The number of carbonyl (C=O) groups excluding carboxylic acids is 2. The molecule has 0 aliphatic carbocycles. The highest BCUT2D eigenvalue weighted by Crippen LogP contribution is 2.36. The second kappa shape index (κ2) is 9.10. The fourth-order valence-electron chi connectivity index (χ4n) is 2.71. The van der Waals surface area contributed by atoms with E-state index in [1.165, 1.54) is 12.1 Å². The molecule has 31 heavy (non-hydrogen) atoms. The maximum atomic E-state index is 12.5. The lowest BCUT2D eigenvalue weighted by Crippen LogP contribution is -2.50. The molecule has 0 spiro atoms. The fraction of sp³-hybridized carbons (Fsp3) is 0.500. The molecule has 1 fully saturated rings. The molecule has 15 heteroatoms. The molecular weight excluding hydrogens is 482 g/mol. The van der Waals surface area contributed by atoms with Gasteiger partial charge in [0.1, 0.15) is 0 Å². The van der Waals surface area contributed by atoms with Gasteiger partial charge in [-0.2, -0.15) is 26.3 Å². The first-order valence-corrected chi connectivity index (χ1v) is 10.4. The number of sulfonamides is 1. The number of hydrogen-bond donors (Lipinski definition) is 1. The maximum Gasteiger partial charge on any atom is 0.434 e. The molecule has 2 rings (SSSR count). The number of piperidine rings is 1. The first kappa shape index (κ1) is 25.0. The van der Waals surface area contributed by atoms with Gasteiger partial charge < -0.3 is 9.64 Å². The fourth-order valence-corrected chi connectivity index (χ4v) is 3.88. The van der Waals surface area contributed by atoms with Gasteiger partial charge in [0.25, 0.3) is 16.1 Å². The SMILES string of the molecule is O=C(NS(=O)(=O)c1ccc(Cl)cc1)C1CCN(C(=O)OC(C(F)(F)F)C(F)(F)F)CC1. The van der Waals surface area contributed by atoms with Crippen LogP contribution in [0.5, 0.6) is 0 Å². The Morgan fingerprint density at radius 3 is 1.97 bits per heavy atom. The van der Waals surface area contributed by atoms with Gasteiger partial charge in [0.15, 0.2) is 0 Å². The van der Waals surface area contributed by atoms with E-state index in [4.69, 9.17) is 11.6 Å². The average molecular weight is 497 g/mol. The first-order chi connectivity index (χ1) is 14.1. The summed E-state index contributed by atoms with van der Waals surface area (Å²) >= 11 is 5.66. The van der Waals surface area contributed by atoms with E-state index in [1.807, 2.05) is 4.72 Å². The molecule has 1 aliphatic heterocycles. The number of ether oxygens (including phenoxy) is 1. The van der Waals surface area contributed by atoms with Gasteiger partial charge in [0.05, 0.1) is 4.90 Å². The van der Waals surface area contributed by atoms with Crippen molar-refractivity contribution in [3.8, 4) is 0 Å². The number of rotatable bonds is 4. The number of carbonyl (C=O) groups is 2. The van der Waals surface area contributed by atoms with E-state index >= 15 is 0 Å². The van der Waals surface area contributed by atoms with Crippen molar-refractivity contribution in [1.29, 1.82) is 0 Å². The van der Waals surface area contributed by atoms with E-state index in [1.54, 1.807) is 0 Å². The molecule has 1 aromatic carbocycles. The second-order valence-electron chi connectivity index (χ2n) is 6.53. The van der Waals surface area contributed by atoms with Gasteiger partial charge in [-0.05, 0) is 37.1 Å². The number of nitrogens with one attached hydrogen (secondary N) is 1. The van der Waals surface area contributed by atoms with E-state index in [0.717, 1.165) is 12.1 Å². The van der Waals surface area contributed by atoms with Crippen molar-refractivity contribution in [1.82, 2.24) is 9.62 Å². The zero-order chi connectivity index (χ0) is 23.6. The predicted octanol–water partition coefficient (Wildman–Crippen LogP) is 3.49. The first-order valence-electron chi connectivity index (χ1n) is 8.52. The highest BCUT2D eigenvalue weighted by Gasteiger charge is 2.60. The summed E-state index contributed by atoms with van der Waals surface area (Å²) < 4.78 is 105. The van der Waals surface area contributed by atoms with E-state index in [2.05, 4.69) is 4.74 Å². The molecule has 1 N–H and O–H groups in total. The molecule has 0 aromatic heterocycles. The van der Waals surface area contributed by atoms with Crippen LogP contribution in [0, 0.1) is 5.92 Å². The maximum absolute atomic E-state index is 12.5. The van der Waals surface area contributed by atoms with E-state index < -0.39 is 59.5 Å². The van der Waals surface area contributed by atoms with Gasteiger partial charge in [-0.25, -0.2) is 17.9 Å². The summed E-state index contributed by atoms with van der Waals surface area (Å²) in [7, 11) is -4.22. The quantitative estimate of drug-likeness (QED) is 0.644. The van der Waals surface area contributed by atoms with Crippen molar-refractivity contribution in [3.63, 3.8) is 0 Å². The topological polar surface area (TPSA) is 92.8 Å². The molecular formula is C16H15ClF6N2O5S. The Bertz CT molecular complexity index is 898. The van der Waals surface area contributed by atoms with Crippen LogP contribution in [0.2, 0.25) is 5.02 Å². The summed E-state index contributed by atoms with van der Waals surface area (Å²) in [5.74, 6) is -1.86.